The van der Waals surface area contributed by atoms with Crippen LogP contribution in [0.2, 0.25) is 0 Å². The second kappa shape index (κ2) is 26.9. The Morgan fingerprint density at radius 3 is 1.46 bits per heavy atom. The lowest BCUT2D eigenvalue weighted by Crippen LogP contribution is -2.38. The van der Waals surface area contributed by atoms with Crippen molar-refractivity contribution < 1.29 is 42.9 Å². The summed E-state index contributed by atoms with van der Waals surface area (Å²) >= 11 is 0. The molecule has 0 aliphatic carbocycles. The summed E-state index contributed by atoms with van der Waals surface area (Å²) in [7, 11) is 1.61. The van der Waals surface area contributed by atoms with Crippen LogP contribution in [-0.2, 0) is 42.9 Å². The first-order chi connectivity index (χ1) is 29.9. The van der Waals surface area contributed by atoms with Gasteiger partial charge in [-0.2, -0.15) is 0 Å². The maximum Gasteiger partial charge on any atom is 0.236 e. The van der Waals surface area contributed by atoms with Crippen LogP contribution in [0.5, 0.6) is 0 Å². The van der Waals surface area contributed by atoms with Crippen LogP contribution in [0.1, 0.15) is 122 Å². The standard InChI is InChI=1S/C50H74N2O9/c1-4-6-8-9-10-11-12-13-14-15-16-17-18-23-31-51-47(53)43-39(26-20-7-5-2)60-41(45(43)48(51)54)29-30-42-46-44(40(61-42)28-27-38-24-21-19-22-25-38)49(55)52(50(46)56)32-33-58-36-37-59-35-34-57-3/h19-22,24-30,39-46H,4-18,23,31-37H2,1-3H3/b26-20-,28-27-,30-29-. The number of unbranched alkanes of at least 4 members (excludes halogenated alkanes) is 14. The molecule has 4 heterocycles. The van der Waals surface area contributed by atoms with Crippen LogP contribution in [-0.4, -0.2) is 111 Å². The number of nitrogens with zero attached hydrogens (tertiary/aromatic N) is 2. The molecule has 11 nitrogen and oxygen atoms in total. The monoisotopic (exact) mass is 847 g/mol. The van der Waals surface area contributed by atoms with Crippen molar-refractivity contribution in [2.75, 3.05) is 53.2 Å². The van der Waals surface area contributed by atoms with Crippen molar-refractivity contribution in [3.05, 3.63) is 66.3 Å². The van der Waals surface area contributed by atoms with Gasteiger partial charge in [0.2, 0.25) is 23.6 Å². The van der Waals surface area contributed by atoms with Gasteiger partial charge in [-0.3, -0.25) is 29.0 Å². The van der Waals surface area contributed by atoms with Gasteiger partial charge in [0.25, 0.3) is 0 Å². The molecule has 1 aromatic rings. The zero-order valence-corrected chi connectivity index (χ0v) is 37.3. The van der Waals surface area contributed by atoms with E-state index in [1.165, 1.54) is 80.4 Å². The van der Waals surface area contributed by atoms with Crippen molar-refractivity contribution in [2.24, 2.45) is 23.7 Å². The number of ether oxygens (including phenoxy) is 5. The number of methoxy groups -OCH3 is 1. The number of likely N-dealkylation sites (tertiary alicyclic amines) is 2. The Balaban J connectivity index is 1.18. The minimum Gasteiger partial charge on any atom is -0.382 e. The maximum absolute atomic E-state index is 14.0. The highest BCUT2D eigenvalue weighted by Gasteiger charge is 2.60. The number of imide groups is 2. The lowest BCUT2D eigenvalue weighted by molar-refractivity contribution is -0.145. The van der Waals surface area contributed by atoms with Gasteiger partial charge in [0.15, 0.2) is 0 Å². The maximum atomic E-state index is 14.0. The van der Waals surface area contributed by atoms with E-state index in [4.69, 9.17) is 23.7 Å². The highest BCUT2D eigenvalue weighted by molar-refractivity contribution is 6.07. The first kappa shape index (κ1) is 48.6. The molecular formula is C50H74N2O9. The zero-order valence-electron chi connectivity index (χ0n) is 37.3. The number of carbonyl (C=O) groups is 4. The van der Waals surface area contributed by atoms with E-state index in [0.29, 0.717) is 33.0 Å². The number of rotatable bonds is 31. The van der Waals surface area contributed by atoms with E-state index < -0.39 is 48.1 Å². The van der Waals surface area contributed by atoms with Crippen LogP contribution < -0.4 is 0 Å². The van der Waals surface area contributed by atoms with E-state index in [1.54, 1.807) is 19.3 Å². The van der Waals surface area contributed by atoms with Crippen LogP contribution in [0, 0.1) is 23.7 Å². The smallest absolute Gasteiger partial charge is 0.236 e. The number of carbonyl (C=O) groups excluding carboxylic acids is 4. The fraction of sp³-hybridized carbons (Fsp3) is 0.680. The van der Waals surface area contributed by atoms with Gasteiger partial charge in [-0.25, -0.2) is 0 Å². The lowest BCUT2D eigenvalue weighted by Gasteiger charge is -2.21. The number of allylic oxidation sites excluding steroid dienone is 1. The van der Waals surface area contributed by atoms with E-state index in [0.717, 1.165) is 37.7 Å². The summed E-state index contributed by atoms with van der Waals surface area (Å²) in [6, 6.07) is 9.74. The average molecular weight is 847 g/mol. The summed E-state index contributed by atoms with van der Waals surface area (Å²) in [6.07, 6.45) is 27.9. The third kappa shape index (κ3) is 14.0. The van der Waals surface area contributed by atoms with E-state index in [-0.39, 0.29) is 36.8 Å². The predicted octanol–water partition coefficient (Wildman–Crippen LogP) is 8.51. The first-order valence-electron chi connectivity index (χ1n) is 23.6. The molecule has 4 amide bonds. The molecule has 4 aliphatic rings. The molecule has 61 heavy (non-hydrogen) atoms. The van der Waals surface area contributed by atoms with Gasteiger partial charge in [-0.05, 0) is 18.4 Å². The molecule has 0 aromatic heterocycles. The van der Waals surface area contributed by atoms with Crippen molar-refractivity contribution in [3.8, 4) is 0 Å². The van der Waals surface area contributed by atoms with Crippen LogP contribution >= 0.6 is 0 Å². The molecule has 8 unspecified atom stereocenters. The number of benzene rings is 1. The molecule has 4 saturated heterocycles. The van der Waals surface area contributed by atoms with Gasteiger partial charge in [-0.1, -0.05) is 171 Å². The molecule has 0 N–H and O–H groups in total. The third-order valence-electron chi connectivity index (χ3n) is 12.6. The van der Waals surface area contributed by atoms with Crippen molar-refractivity contribution >= 4 is 29.7 Å². The third-order valence-corrected chi connectivity index (χ3v) is 12.6. The lowest BCUT2D eigenvalue weighted by atomic mass is 9.87. The minimum absolute atomic E-state index is 0.126. The van der Waals surface area contributed by atoms with Crippen molar-refractivity contribution in [2.45, 2.75) is 141 Å². The molecule has 8 atom stereocenters. The van der Waals surface area contributed by atoms with Crippen LogP contribution in [0.25, 0.3) is 6.08 Å². The van der Waals surface area contributed by atoms with Crippen LogP contribution in [0.4, 0.5) is 0 Å². The normalized spacial score (nSPS) is 26.4. The minimum atomic E-state index is -0.748. The van der Waals surface area contributed by atoms with Gasteiger partial charge < -0.3 is 23.7 Å². The quantitative estimate of drug-likeness (QED) is 0.0412. The molecule has 338 valence electrons. The molecule has 0 bridgehead atoms. The van der Waals surface area contributed by atoms with E-state index in [2.05, 4.69) is 13.8 Å². The molecule has 1 aromatic carbocycles. The Kier molecular flexibility index (Phi) is 21.4. The number of fused-ring (bicyclic) bond motifs is 2. The molecule has 4 aliphatic heterocycles. The fourth-order valence-electron chi connectivity index (χ4n) is 9.20. The molecular weight excluding hydrogens is 773 g/mol. The van der Waals surface area contributed by atoms with Gasteiger partial charge in [0.1, 0.15) is 0 Å². The van der Waals surface area contributed by atoms with Crippen LogP contribution in [0.3, 0.4) is 0 Å². The topological polar surface area (TPSA) is 121 Å². The van der Waals surface area contributed by atoms with Gasteiger partial charge >= 0.3 is 0 Å². The zero-order chi connectivity index (χ0) is 43.2. The number of hydrogen-bond acceptors (Lipinski definition) is 9. The summed E-state index contributed by atoms with van der Waals surface area (Å²) in [5.41, 5.74) is 0.951. The van der Waals surface area contributed by atoms with Gasteiger partial charge in [0.05, 0.1) is 87.7 Å². The predicted molar refractivity (Wildman–Crippen MR) is 237 cm³/mol. The average Bonchev–Trinajstić information content (AvgIpc) is 3.97. The van der Waals surface area contributed by atoms with Crippen molar-refractivity contribution in [3.63, 3.8) is 0 Å². The van der Waals surface area contributed by atoms with Crippen molar-refractivity contribution in [1.82, 2.24) is 9.80 Å². The number of amides is 4. The molecule has 0 radical (unpaired) electrons. The summed E-state index contributed by atoms with van der Waals surface area (Å²) in [6.45, 7) is 6.77. The Bertz CT molecular complexity index is 1580. The summed E-state index contributed by atoms with van der Waals surface area (Å²) < 4.78 is 29.1. The molecule has 4 fully saturated rings. The molecule has 11 heteroatoms. The Morgan fingerprint density at radius 1 is 0.508 bits per heavy atom. The highest BCUT2D eigenvalue weighted by Crippen LogP contribution is 2.44. The second-order valence-corrected chi connectivity index (χ2v) is 17.1. The van der Waals surface area contributed by atoms with E-state index >= 15 is 0 Å². The summed E-state index contributed by atoms with van der Waals surface area (Å²) in [5.74, 6) is -3.67. The molecule has 0 saturated carbocycles. The van der Waals surface area contributed by atoms with E-state index in [9.17, 15) is 19.2 Å². The Labute approximate surface area is 365 Å². The SMILES string of the molecule is CCC/C=C\C1OC(/C=C\C2OC(/C=C\c3ccccc3)C3C(=O)N(CCOCCOCCOC)C(=O)C23)C2C(=O)N(CCCCCCCCCCCCCCCC)C(=O)C12. The van der Waals surface area contributed by atoms with Crippen molar-refractivity contribution in [1.29, 1.82) is 0 Å². The fourth-order valence-corrected chi connectivity index (χ4v) is 9.20. The molecule has 5 rings (SSSR count). The number of hydrogen-bond donors (Lipinski definition) is 0. The Hall–Kier alpha value is -3.48. The molecule has 0 spiro atoms. The Morgan fingerprint density at radius 2 is 0.951 bits per heavy atom. The second-order valence-electron chi connectivity index (χ2n) is 17.1. The first-order valence-corrected chi connectivity index (χ1v) is 23.6. The summed E-state index contributed by atoms with van der Waals surface area (Å²) in [4.78, 5) is 58.6. The highest BCUT2D eigenvalue weighted by atomic mass is 16.5. The summed E-state index contributed by atoms with van der Waals surface area (Å²) in [5, 5.41) is 0. The van der Waals surface area contributed by atoms with Crippen LogP contribution in [0.15, 0.2) is 60.7 Å². The van der Waals surface area contributed by atoms with Gasteiger partial charge in [0, 0.05) is 13.7 Å². The van der Waals surface area contributed by atoms with E-state index in [1.807, 2.05) is 54.6 Å². The largest absolute Gasteiger partial charge is 0.382 e. The van der Waals surface area contributed by atoms with Gasteiger partial charge in [-0.15, -0.1) is 0 Å².